The topological polar surface area (TPSA) is 46.6 Å². The van der Waals surface area contributed by atoms with E-state index in [1.165, 1.54) is 0 Å². The number of nitrogens with zero attached hydrogens (tertiary/aromatic N) is 1. The van der Waals surface area contributed by atoms with Gasteiger partial charge in [-0.3, -0.25) is 9.69 Å². The van der Waals surface area contributed by atoms with Gasteiger partial charge in [0.15, 0.2) is 0 Å². The molecule has 0 spiro atoms. The van der Waals surface area contributed by atoms with Crippen LogP contribution in [0.4, 0.5) is 5.69 Å². The molecular weight excluding hydrogens is 373 g/mol. The summed E-state index contributed by atoms with van der Waals surface area (Å²) in [6.45, 7) is 2.07. The molecule has 6 heteroatoms. The maximum atomic E-state index is 12.9. The lowest BCUT2D eigenvalue weighted by atomic mass is 9.84. The van der Waals surface area contributed by atoms with Gasteiger partial charge in [-0.1, -0.05) is 47.0 Å². The van der Waals surface area contributed by atoms with Crippen molar-refractivity contribution >= 4 is 40.8 Å². The summed E-state index contributed by atoms with van der Waals surface area (Å²) in [7, 11) is 0. The van der Waals surface area contributed by atoms with Crippen molar-refractivity contribution in [2.24, 2.45) is 0 Å². The normalized spacial score (nSPS) is 19.7. The average molecular weight is 388 g/mol. The maximum absolute atomic E-state index is 12.9. The Bertz CT molecular complexity index is 950. The number of benzene rings is 2. The van der Waals surface area contributed by atoms with Crippen molar-refractivity contribution in [3.63, 3.8) is 0 Å². The summed E-state index contributed by atoms with van der Waals surface area (Å²) in [5.41, 5.74) is 3.73. The van der Waals surface area contributed by atoms with Gasteiger partial charge in [0.1, 0.15) is 6.61 Å². The summed E-state index contributed by atoms with van der Waals surface area (Å²) in [4.78, 5) is 26.9. The van der Waals surface area contributed by atoms with Crippen molar-refractivity contribution in [2.75, 3.05) is 11.5 Å². The fraction of sp³-hybridized carbons (Fsp3) is 0.200. The molecule has 2 heterocycles. The van der Waals surface area contributed by atoms with Gasteiger partial charge in [-0.2, -0.15) is 0 Å². The van der Waals surface area contributed by atoms with Gasteiger partial charge in [-0.15, -0.1) is 0 Å². The van der Waals surface area contributed by atoms with Crippen LogP contribution in [0.25, 0.3) is 0 Å². The third-order valence-electron chi connectivity index (χ3n) is 4.76. The number of carbonyl (C=O) groups is 2. The van der Waals surface area contributed by atoms with Gasteiger partial charge >= 0.3 is 5.97 Å². The predicted octanol–water partition coefficient (Wildman–Crippen LogP) is 4.63. The molecule has 0 N–H and O–H groups in total. The van der Waals surface area contributed by atoms with Gasteiger partial charge in [0.2, 0.25) is 5.91 Å². The van der Waals surface area contributed by atoms with Crippen molar-refractivity contribution in [2.45, 2.75) is 19.3 Å². The molecule has 0 bridgehead atoms. The highest BCUT2D eigenvalue weighted by molar-refractivity contribution is 6.42. The van der Waals surface area contributed by atoms with E-state index in [2.05, 4.69) is 0 Å². The minimum Gasteiger partial charge on any atom is -0.456 e. The molecule has 26 heavy (non-hydrogen) atoms. The second-order valence-electron chi connectivity index (χ2n) is 6.43. The minimum atomic E-state index is -0.388. The van der Waals surface area contributed by atoms with E-state index in [0.717, 1.165) is 16.8 Å². The van der Waals surface area contributed by atoms with Crippen LogP contribution in [0, 0.1) is 6.92 Å². The molecule has 0 saturated heterocycles. The number of cyclic esters (lactones) is 1. The van der Waals surface area contributed by atoms with Crippen molar-refractivity contribution in [1.82, 2.24) is 0 Å². The smallest absolute Gasteiger partial charge is 0.336 e. The van der Waals surface area contributed by atoms with E-state index in [1.54, 1.807) is 23.1 Å². The zero-order valence-electron chi connectivity index (χ0n) is 14.0. The first kappa shape index (κ1) is 17.1. The lowest BCUT2D eigenvalue weighted by Crippen LogP contribution is -2.37. The molecule has 0 saturated carbocycles. The number of carbonyl (C=O) groups excluding carboxylic acids is 2. The van der Waals surface area contributed by atoms with Crippen LogP contribution in [-0.2, 0) is 14.3 Å². The highest BCUT2D eigenvalue weighted by Gasteiger charge is 2.43. The molecule has 1 amide bonds. The molecule has 0 aliphatic carbocycles. The Kier molecular flexibility index (Phi) is 4.25. The van der Waals surface area contributed by atoms with Crippen LogP contribution in [0.5, 0.6) is 0 Å². The number of hydrogen-bond acceptors (Lipinski definition) is 3. The van der Waals surface area contributed by atoms with Gasteiger partial charge in [0.25, 0.3) is 0 Å². The number of aryl methyl sites for hydroxylation is 1. The first-order valence-corrected chi connectivity index (χ1v) is 8.96. The molecular formula is C20H15Cl2NO3. The third-order valence-corrected chi connectivity index (χ3v) is 5.49. The van der Waals surface area contributed by atoms with Crippen LogP contribution in [0.2, 0.25) is 10.0 Å². The highest BCUT2D eigenvalue weighted by Crippen LogP contribution is 2.42. The molecule has 1 unspecified atom stereocenters. The number of halogens is 2. The Labute approximate surface area is 161 Å². The SMILES string of the molecule is Cc1ccc(N2C(=O)CC(c3ccc(Cl)c(Cl)c3)C3=C2COC3=O)cc1. The van der Waals surface area contributed by atoms with Crippen LogP contribution in [-0.4, -0.2) is 18.5 Å². The van der Waals surface area contributed by atoms with Crippen molar-refractivity contribution in [3.8, 4) is 0 Å². The molecule has 2 aromatic rings. The summed E-state index contributed by atoms with van der Waals surface area (Å²) in [5, 5.41) is 0.827. The number of ether oxygens (including phenoxy) is 1. The predicted molar refractivity (Wildman–Crippen MR) is 100 cm³/mol. The molecule has 0 aromatic heterocycles. The Morgan fingerprint density at radius 3 is 2.46 bits per heavy atom. The molecule has 2 aliphatic rings. The van der Waals surface area contributed by atoms with E-state index in [-0.39, 0.29) is 30.8 Å². The zero-order valence-corrected chi connectivity index (χ0v) is 15.5. The standard InChI is InChI=1S/C20H15Cl2NO3/c1-11-2-5-13(6-3-11)23-17-10-26-20(25)19(17)14(9-18(23)24)12-4-7-15(21)16(22)8-12/h2-8,14H,9-10H2,1H3. The summed E-state index contributed by atoms with van der Waals surface area (Å²) in [5.74, 6) is -0.855. The van der Waals surface area contributed by atoms with Crippen LogP contribution in [0.1, 0.15) is 23.5 Å². The van der Waals surface area contributed by atoms with E-state index in [1.807, 2.05) is 31.2 Å². The summed E-state index contributed by atoms with van der Waals surface area (Å²) in [6.07, 6.45) is 0.166. The first-order chi connectivity index (χ1) is 12.5. The van der Waals surface area contributed by atoms with Crippen molar-refractivity contribution in [3.05, 3.63) is 74.9 Å². The number of anilines is 1. The Balaban J connectivity index is 1.82. The molecule has 0 radical (unpaired) electrons. The fourth-order valence-electron chi connectivity index (χ4n) is 3.46. The van der Waals surface area contributed by atoms with E-state index in [0.29, 0.717) is 21.3 Å². The third kappa shape index (κ3) is 2.79. The summed E-state index contributed by atoms with van der Waals surface area (Å²) < 4.78 is 5.26. The van der Waals surface area contributed by atoms with Crippen molar-refractivity contribution < 1.29 is 14.3 Å². The Morgan fingerprint density at radius 1 is 1.04 bits per heavy atom. The van der Waals surface area contributed by atoms with E-state index in [9.17, 15) is 9.59 Å². The number of amides is 1. The molecule has 0 fully saturated rings. The van der Waals surface area contributed by atoms with Crippen LogP contribution in [0.15, 0.2) is 53.7 Å². The van der Waals surface area contributed by atoms with Gasteiger partial charge in [0, 0.05) is 18.0 Å². The van der Waals surface area contributed by atoms with Gasteiger partial charge in [-0.25, -0.2) is 4.79 Å². The fourth-order valence-corrected chi connectivity index (χ4v) is 3.77. The number of hydrogen-bond donors (Lipinski definition) is 0. The Hall–Kier alpha value is -2.30. The number of rotatable bonds is 2. The minimum absolute atomic E-state index is 0.0815. The van der Waals surface area contributed by atoms with Gasteiger partial charge in [0.05, 0.1) is 21.3 Å². The lowest BCUT2D eigenvalue weighted by molar-refractivity contribution is -0.136. The molecule has 1 atom stereocenters. The monoisotopic (exact) mass is 387 g/mol. The number of esters is 1. The van der Waals surface area contributed by atoms with E-state index < -0.39 is 0 Å². The zero-order chi connectivity index (χ0) is 18.4. The van der Waals surface area contributed by atoms with Crippen LogP contribution < -0.4 is 4.90 Å². The second kappa shape index (κ2) is 6.45. The summed E-state index contributed by atoms with van der Waals surface area (Å²) >= 11 is 12.1. The highest BCUT2D eigenvalue weighted by atomic mass is 35.5. The maximum Gasteiger partial charge on any atom is 0.336 e. The Morgan fingerprint density at radius 2 is 1.77 bits per heavy atom. The van der Waals surface area contributed by atoms with E-state index >= 15 is 0 Å². The van der Waals surface area contributed by atoms with Gasteiger partial charge < -0.3 is 4.74 Å². The first-order valence-electron chi connectivity index (χ1n) is 8.20. The average Bonchev–Trinajstić information content (AvgIpc) is 2.99. The second-order valence-corrected chi connectivity index (χ2v) is 7.25. The molecule has 4 rings (SSSR count). The van der Waals surface area contributed by atoms with Crippen LogP contribution >= 0.6 is 23.2 Å². The quantitative estimate of drug-likeness (QED) is 0.705. The van der Waals surface area contributed by atoms with Gasteiger partial charge in [-0.05, 0) is 36.8 Å². The molecule has 2 aromatic carbocycles. The van der Waals surface area contributed by atoms with Crippen molar-refractivity contribution in [1.29, 1.82) is 0 Å². The molecule has 132 valence electrons. The van der Waals surface area contributed by atoms with Crippen LogP contribution in [0.3, 0.4) is 0 Å². The largest absolute Gasteiger partial charge is 0.456 e. The molecule has 2 aliphatic heterocycles. The van der Waals surface area contributed by atoms with E-state index in [4.69, 9.17) is 27.9 Å². The lowest BCUT2D eigenvalue weighted by Gasteiger charge is -2.32. The summed E-state index contributed by atoms with van der Waals surface area (Å²) in [6, 6.07) is 12.8. The molecule has 4 nitrogen and oxygen atoms in total.